The first-order valence-electron chi connectivity index (χ1n) is 9.13. The van der Waals surface area contributed by atoms with Crippen molar-refractivity contribution in [2.24, 2.45) is 0 Å². The Balaban J connectivity index is 0.000000885. The maximum atomic E-state index is 8.89. The lowest BCUT2D eigenvalue weighted by molar-refractivity contribution is -0.912. The van der Waals surface area contributed by atoms with E-state index in [9.17, 15) is 0 Å². The molecule has 1 rings (SSSR count). The van der Waals surface area contributed by atoms with Crippen molar-refractivity contribution in [2.45, 2.75) is 97.4 Å². The number of unbranched alkanes of at least 4 members (excludes halogenated alkanes) is 6. The molecule has 0 bridgehead atoms. The first kappa shape index (κ1) is 20.4. The Morgan fingerprint density at radius 3 is 2.24 bits per heavy atom. The van der Waals surface area contributed by atoms with Crippen molar-refractivity contribution in [2.75, 3.05) is 13.1 Å². The van der Waals surface area contributed by atoms with E-state index in [4.69, 9.17) is 9.90 Å². The van der Waals surface area contributed by atoms with Crippen LogP contribution in [0.1, 0.15) is 91.4 Å². The van der Waals surface area contributed by atoms with Gasteiger partial charge in [0.1, 0.15) is 0 Å². The summed E-state index contributed by atoms with van der Waals surface area (Å²) in [5.41, 5.74) is 0. The van der Waals surface area contributed by atoms with Crippen LogP contribution < -0.4 is 10.0 Å². The summed E-state index contributed by atoms with van der Waals surface area (Å²) >= 11 is 0. The van der Waals surface area contributed by atoms with Crippen LogP contribution in [0.3, 0.4) is 0 Å². The molecule has 1 aliphatic rings. The number of hydrogen-bond acceptors (Lipinski definition) is 2. The van der Waals surface area contributed by atoms with Crippen LogP contribution in [0, 0.1) is 0 Å². The largest absolute Gasteiger partial charge is 0.550 e. The molecule has 3 nitrogen and oxygen atoms in total. The van der Waals surface area contributed by atoms with Gasteiger partial charge in [0.05, 0.1) is 19.1 Å². The van der Waals surface area contributed by atoms with Crippen molar-refractivity contribution in [1.82, 2.24) is 0 Å². The topological polar surface area (TPSA) is 44.6 Å². The molecule has 1 aliphatic heterocycles. The minimum atomic E-state index is -1.08. The van der Waals surface area contributed by atoms with Crippen LogP contribution >= 0.6 is 0 Å². The van der Waals surface area contributed by atoms with Gasteiger partial charge in [-0.3, -0.25) is 0 Å². The molecule has 0 aliphatic carbocycles. The van der Waals surface area contributed by atoms with Crippen molar-refractivity contribution >= 4 is 5.97 Å². The second-order valence-corrected chi connectivity index (χ2v) is 6.40. The summed E-state index contributed by atoms with van der Waals surface area (Å²) in [4.78, 5) is 10.8. The SMILES string of the molecule is CC(=O)[O-].CCCCCCCC[NH+]1CCCC1CCCC. The zero-order valence-corrected chi connectivity index (χ0v) is 14.6. The highest BCUT2D eigenvalue weighted by Crippen LogP contribution is 2.09. The average Bonchev–Trinajstić information content (AvgIpc) is 2.87. The van der Waals surface area contributed by atoms with Crippen LogP contribution in [0.2, 0.25) is 0 Å². The maximum Gasteiger partial charge on any atom is 0.0876 e. The Morgan fingerprint density at radius 2 is 1.62 bits per heavy atom. The number of carboxylic acids is 1. The van der Waals surface area contributed by atoms with Gasteiger partial charge >= 0.3 is 0 Å². The third-order valence-electron chi connectivity index (χ3n) is 4.39. The Hall–Kier alpha value is -0.570. The quantitative estimate of drug-likeness (QED) is 0.629. The lowest BCUT2D eigenvalue weighted by Crippen LogP contribution is -3.13. The monoisotopic (exact) mass is 299 g/mol. The van der Waals surface area contributed by atoms with Crippen LogP contribution in [0.25, 0.3) is 0 Å². The summed E-state index contributed by atoms with van der Waals surface area (Å²) in [5.74, 6) is -1.08. The molecule has 0 aromatic carbocycles. The molecular weight excluding hydrogens is 262 g/mol. The van der Waals surface area contributed by atoms with Crippen molar-refractivity contribution < 1.29 is 14.8 Å². The molecular formula is C18H37NO2. The molecule has 0 spiro atoms. The molecule has 1 saturated heterocycles. The van der Waals surface area contributed by atoms with Crippen LogP contribution in [-0.4, -0.2) is 25.1 Å². The minimum Gasteiger partial charge on any atom is -0.550 e. The van der Waals surface area contributed by atoms with E-state index in [1.165, 1.54) is 83.7 Å². The van der Waals surface area contributed by atoms with Crippen molar-refractivity contribution in [3.8, 4) is 0 Å². The molecule has 0 saturated carbocycles. The number of nitrogens with one attached hydrogen (secondary N) is 1. The van der Waals surface area contributed by atoms with Crippen LogP contribution in [0.4, 0.5) is 0 Å². The molecule has 126 valence electrons. The molecule has 0 amide bonds. The van der Waals surface area contributed by atoms with Gasteiger partial charge in [0.25, 0.3) is 0 Å². The fraction of sp³-hybridized carbons (Fsp3) is 0.944. The Labute approximate surface area is 132 Å². The molecule has 2 atom stereocenters. The molecule has 1 heterocycles. The van der Waals surface area contributed by atoms with Gasteiger partial charge in [-0.15, -0.1) is 0 Å². The van der Waals surface area contributed by atoms with E-state index < -0.39 is 5.97 Å². The summed E-state index contributed by atoms with van der Waals surface area (Å²) in [6, 6.07) is 1.02. The zero-order chi connectivity index (χ0) is 15.9. The maximum absolute atomic E-state index is 8.89. The first-order chi connectivity index (χ1) is 10.1. The Bertz CT molecular complexity index is 239. The number of hydrogen-bond donors (Lipinski definition) is 1. The normalized spacial score (nSPS) is 20.9. The fourth-order valence-corrected chi connectivity index (χ4v) is 3.24. The van der Waals surface area contributed by atoms with Gasteiger partial charge in [-0.05, 0) is 32.6 Å². The van der Waals surface area contributed by atoms with Gasteiger partial charge in [0, 0.05) is 18.8 Å². The van der Waals surface area contributed by atoms with Gasteiger partial charge in [-0.1, -0.05) is 46.0 Å². The van der Waals surface area contributed by atoms with Crippen LogP contribution in [0.5, 0.6) is 0 Å². The summed E-state index contributed by atoms with van der Waals surface area (Å²) in [6.45, 7) is 8.51. The lowest BCUT2D eigenvalue weighted by Gasteiger charge is -2.21. The van der Waals surface area contributed by atoms with Gasteiger partial charge < -0.3 is 14.8 Å². The van der Waals surface area contributed by atoms with Gasteiger partial charge in [-0.25, -0.2) is 0 Å². The molecule has 3 heteroatoms. The summed E-state index contributed by atoms with van der Waals surface area (Å²) in [7, 11) is 0. The van der Waals surface area contributed by atoms with Gasteiger partial charge in [-0.2, -0.15) is 0 Å². The number of carboxylic acid groups (broad SMARTS) is 1. The highest BCUT2D eigenvalue weighted by Gasteiger charge is 2.26. The van der Waals surface area contributed by atoms with E-state index in [0.717, 1.165) is 13.0 Å². The minimum absolute atomic E-state index is 0.972. The van der Waals surface area contributed by atoms with E-state index >= 15 is 0 Å². The fourth-order valence-electron chi connectivity index (χ4n) is 3.24. The number of carbonyl (C=O) groups excluding carboxylic acids is 1. The second-order valence-electron chi connectivity index (χ2n) is 6.40. The number of quaternary nitrogens is 1. The third-order valence-corrected chi connectivity index (χ3v) is 4.39. The van der Waals surface area contributed by atoms with Gasteiger partial charge in [0.15, 0.2) is 0 Å². The summed E-state index contributed by atoms with van der Waals surface area (Å²) in [5, 5.41) is 8.89. The molecule has 0 aromatic rings. The van der Waals surface area contributed by atoms with E-state index in [0.29, 0.717) is 0 Å². The molecule has 21 heavy (non-hydrogen) atoms. The summed E-state index contributed by atoms with van der Waals surface area (Å²) < 4.78 is 0. The standard InChI is InChI=1S/C16H33N.C2H4O2/c1-3-5-7-8-9-10-14-17-15-11-13-16(17)12-6-4-2;1-2(3)4/h16H,3-15H2,1-2H3;1H3,(H,3,4). The third kappa shape index (κ3) is 12.9. The Morgan fingerprint density at radius 1 is 1.05 bits per heavy atom. The second kappa shape index (κ2) is 14.4. The van der Waals surface area contributed by atoms with E-state index in [2.05, 4.69) is 13.8 Å². The predicted molar refractivity (Wildman–Crippen MR) is 87.3 cm³/mol. The van der Waals surface area contributed by atoms with Crippen molar-refractivity contribution in [3.05, 3.63) is 0 Å². The van der Waals surface area contributed by atoms with Crippen molar-refractivity contribution in [3.63, 3.8) is 0 Å². The van der Waals surface area contributed by atoms with E-state index in [-0.39, 0.29) is 0 Å². The average molecular weight is 299 g/mol. The smallest absolute Gasteiger partial charge is 0.0876 e. The Kier molecular flexibility index (Phi) is 14.0. The predicted octanol–water partition coefficient (Wildman–Crippen LogP) is 2.34. The van der Waals surface area contributed by atoms with Crippen LogP contribution in [-0.2, 0) is 4.79 Å². The van der Waals surface area contributed by atoms with Crippen LogP contribution in [0.15, 0.2) is 0 Å². The number of carbonyl (C=O) groups is 1. The zero-order valence-electron chi connectivity index (χ0n) is 14.6. The molecule has 1 fully saturated rings. The lowest BCUT2D eigenvalue weighted by atomic mass is 10.1. The number of aliphatic carboxylic acids is 1. The van der Waals surface area contributed by atoms with Crippen molar-refractivity contribution in [1.29, 1.82) is 0 Å². The van der Waals surface area contributed by atoms with E-state index in [1.807, 2.05) is 4.90 Å². The number of likely N-dealkylation sites (tertiary alicyclic amines) is 1. The summed E-state index contributed by atoms with van der Waals surface area (Å²) in [6.07, 6.45) is 16.0. The molecule has 0 aromatic heterocycles. The highest BCUT2D eigenvalue weighted by atomic mass is 16.4. The van der Waals surface area contributed by atoms with E-state index in [1.54, 1.807) is 0 Å². The highest BCUT2D eigenvalue weighted by molar-refractivity contribution is 5.60. The molecule has 1 N–H and O–H groups in total. The molecule has 2 unspecified atom stereocenters. The molecule has 0 radical (unpaired) electrons. The van der Waals surface area contributed by atoms with Gasteiger partial charge in [0.2, 0.25) is 0 Å². The first-order valence-corrected chi connectivity index (χ1v) is 9.13. The number of rotatable bonds is 10.